The van der Waals surface area contributed by atoms with Crippen molar-refractivity contribution in [3.05, 3.63) is 47.4 Å². The molecule has 1 saturated heterocycles. The highest BCUT2D eigenvalue weighted by Crippen LogP contribution is 2.22. The lowest BCUT2D eigenvalue weighted by Gasteiger charge is -2.15. The van der Waals surface area contributed by atoms with E-state index in [9.17, 15) is 27.5 Å². The van der Waals surface area contributed by atoms with Crippen LogP contribution in [-0.2, 0) is 21.2 Å². The summed E-state index contributed by atoms with van der Waals surface area (Å²) in [7, 11) is -3.70. The van der Waals surface area contributed by atoms with Crippen LogP contribution in [0.2, 0.25) is 0 Å². The van der Waals surface area contributed by atoms with Gasteiger partial charge >= 0.3 is 6.03 Å². The van der Waals surface area contributed by atoms with Crippen LogP contribution in [0.25, 0.3) is 0 Å². The number of aryl methyl sites for hydroxylation is 1. The summed E-state index contributed by atoms with van der Waals surface area (Å²) < 4.78 is 40.2. The molecule has 12 heteroatoms. The van der Waals surface area contributed by atoms with Gasteiger partial charge in [0, 0.05) is 12.5 Å². The van der Waals surface area contributed by atoms with Crippen LogP contribution in [0.1, 0.15) is 24.2 Å². The third-order valence-electron chi connectivity index (χ3n) is 4.23. The molecule has 3 rings (SSSR count). The minimum Gasteiger partial charge on any atom is -0.505 e. The number of phenolic OH excluding ortho intramolecular Hbond substituents is 1. The number of halogens is 1. The smallest absolute Gasteiger partial charge is 0.330 e. The lowest BCUT2D eigenvalue weighted by atomic mass is 10.1. The summed E-state index contributed by atoms with van der Waals surface area (Å²) in [4.78, 5) is 23.9. The number of aromatic hydroxyl groups is 1. The van der Waals surface area contributed by atoms with E-state index in [0.29, 0.717) is 11.3 Å². The first-order valence-electron chi connectivity index (χ1n) is 8.57. The maximum absolute atomic E-state index is 13.1. The topological polar surface area (TPSA) is 142 Å². The molecule has 1 fully saturated rings. The average Bonchev–Trinajstić information content (AvgIpc) is 3.00. The van der Waals surface area contributed by atoms with Crippen molar-refractivity contribution in [1.82, 2.24) is 20.2 Å². The van der Waals surface area contributed by atoms with Gasteiger partial charge in [-0.15, -0.1) is 5.10 Å². The number of benzene rings is 1. The Labute approximate surface area is 165 Å². The predicted octanol–water partition coefficient (Wildman–Crippen LogP) is 0.601. The van der Waals surface area contributed by atoms with Gasteiger partial charge in [-0.3, -0.25) is 15.0 Å². The molecule has 0 spiro atoms. The van der Waals surface area contributed by atoms with Gasteiger partial charge < -0.3 is 5.11 Å². The van der Waals surface area contributed by atoms with E-state index in [2.05, 4.69) is 20.2 Å². The second-order valence-corrected chi connectivity index (χ2v) is 8.32. The van der Waals surface area contributed by atoms with Gasteiger partial charge in [-0.2, -0.15) is 5.10 Å². The van der Waals surface area contributed by atoms with Crippen LogP contribution in [0.4, 0.5) is 15.0 Å². The van der Waals surface area contributed by atoms with Gasteiger partial charge in [-0.1, -0.05) is 6.07 Å². The molecule has 1 aliphatic heterocycles. The van der Waals surface area contributed by atoms with Gasteiger partial charge in [0.25, 0.3) is 0 Å². The van der Waals surface area contributed by atoms with Crippen molar-refractivity contribution in [2.75, 3.05) is 17.2 Å². The number of carbonyl (C=O) groups excluding carboxylic acids is 2. The number of nitrogens with one attached hydrogen (secondary N) is 2. The SMILES string of the molecule is C[C@@H](NS(=O)(=O)CCc1ccc(N2CC(=O)NC2=O)nn1)c1ccc(F)c(O)c1. The Hall–Kier alpha value is -3.12. The molecule has 1 aromatic heterocycles. The predicted molar refractivity (Wildman–Crippen MR) is 100 cm³/mol. The van der Waals surface area contributed by atoms with Crippen LogP contribution >= 0.6 is 0 Å². The number of amides is 3. The fraction of sp³-hybridized carbons (Fsp3) is 0.294. The van der Waals surface area contributed by atoms with Gasteiger partial charge in [0.05, 0.1) is 11.4 Å². The zero-order valence-corrected chi connectivity index (χ0v) is 16.1. The highest BCUT2D eigenvalue weighted by Gasteiger charge is 2.29. The summed E-state index contributed by atoms with van der Waals surface area (Å²) in [5.41, 5.74) is 0.798. The molecule has 3 amide bonds. The molecular formula is C17H18FN5O5S. The first-order chi connectivity index (χ1) is 13.6. The highest BCUT2D eigenvalue weighted by molar-refractivity contribution is 7.89. The van der Waals surface area contributed by atoms with Gasteiger partial charge in [-0.25, -0.2) is 22.3 Å². The molecule has 0 unspecified atom stereocenters. The number of nitrogens with zero attached hydrogens (tertiary/aromatic N) is 3. The van der Waals surface area contributed by atoms with Crippen molar-refractivity contribution in [1.29, 1.82) is 0 Å². The van der Waals surface area contributed by atoms with E-state index in [1.807, 2.05) is 0 Å². The Morgan fingerprint density at radius 2 is 2.03 bits per heavy atom. The number of anilines is 1. The van der Waals surface area contributed by atoms with Gasteiger partial charge in [0.15, 0.2) is 17.4 Å². The van der Waals surface area contributed by atoms with E-state index < -0.39 is 39.6 Å². The number of rotatable bonds is 7. The standard InChI is InChI=1S/C17H18FN5O5S/c1-10(11-2-4-13(18)14(24)8-11)22-29(27,28)7-6-12-3-5-15(21-20-12)23-9-16(25)19-17(23)26/h2-5,8,10,22,24H,6-7,9H2,1H3,(H,19,25,26)/t10-/m1/s1. The van der Waals surface area contributed by atoms with E-state index in [4.69, 9.17) is 0 Å². The Balaban J connectivity index is 1.59. The first-order valence-corrected chi connectivity index (χ1v) is 10.2. The average molecular weight is 423 g/mol. The van der Waals surface area contributed by atoms with Gasteiger partial charge in [0.2, 0.25) is 15.9 Å². The molecule has 1 aromatic carbocycles. The number of aromatic nitrogens is 2. The number of imide groups is 1. The van der Waals surface area contributed by atoms with Crippen LogP contribution in [0.5, 0.6) is 5.75 Å². The molecule has 10 nitrogen and oxygen atoms in total. The maximum Gasteiger partial charge on any atom is 0.330 e. The van der Waals surface area contributed by atoms with Gasteiger partial charge in [-0.05, 0) is 36.8 Å². The van der Waals surface area contributed by atoms with E-state index in [-0.39, 0.29) is 24.5 Å². The quantitative estimate of drug-likeness (QED) is 0.554. The molecule has 2 heterocycles. The molecule has 0 bridgehead atoms. The van der Waals surface area contributed by atoms with Crippen molar-refractivity contribution < 1.29 is 27.5 Å². The number of phenols is 1. The molecule has 29 heavy (non-hydrogen) atoms. The van der Waals surface area contributed by atoms with Crippen molar-refractivity contribution in [2.24, 2.45) is 0 Å². The Morgan fingerprint density at radius 3 is 2.62 bits per heavy atom. The summed E-state index contributed by atoms with van der Waals surface area (Å²) in [6.07, 6.45) is 0.0646. The number of urea groups is 1. The molecule has 0 aliphatic carbocycles. The molecule has 0 saturated carbocycles. The molecule has 1 aliphatic rings. The van der Waals surface area contributed by atoms with Crippen molar-refractivity contribution in [2.45, 2.75) is 19.4 Å². The normalized spacial score (nSPS) is 15.4. The lowest BCUT2D eigenvalue weighted by Crippen LogP contribution is -2.30. The second kappa shape index (κ2) is 8.09. The van der Waals surface area contributed by atoms with E-state index in [1.54, 1.807) is 6.92 Å². The minimum absolute atomic E-state index is 0.0646. The first kappa shape index (κ1) is 20.6. The number of sulfonamides is 1. The van der Waals surface area contributed by atoms with E-state index in [1.165, 1.54) is 18.2 Å². The van der Waals surface area contributed by atoms with Crippen molar-refractivity contribution in [3.8, 4) is 5.75 Å². The Morgan fingerprint density at radius 1 is 1.28 bits per heavy atom. The molecular weight excluding hydrogens is 405 g/mol. The second-order valence-electron chi connectivity index (χ2n) is 6.44. The fourth-order valence-corrected chi connectivity index (χ4v) is 3.96. The lowest BCUT2D eigenvalue weighted by molar-refractivity contribution is -0.117. The number of hydrogen-bond donors (Lipinski definition) is 3. The van der Waals surface area contributed by atoms with Crippen LogP contribution < -0.4 is 14.9 Å². The number of hydrogen-bond acceptors (Lipinski definition) is 7. The summed E-state index contributed by atoms with van der Waals surface area (Å²) in [5.74, 6) is -1.88. The number of carbonyl (C=O) groups is 2. The van der Waals surface area contributed by atoms with Crippen LogP contribution in [0.3, 0.4) is 0 Å². The van der Waals surface area contributed by atoms with Crippen molar-refractivity contribution in [3.63, 3.8) is 0 Å². The summed E-state index contributed by atoms with van der Waals surface area (Å²) >= 11 is 0. The van der Waals surface area contributed by atoms with Crippen LogP contribution in [0, 0.1) is 5.82 Å². The van der Waals surface area contributed by atoms with E-state index >= 15 is 0 Å². The van der Waals surface area contributed by atoms with E-state index in [0.717, 1.165) is 17.0 Å². The van der Waals surface area contributed by atoms with Crippen LogP contribution in [-0.4, -0.2) is 48.0 Å². The zero-order valence-electron chi connectivity index (χ0n) is 15.3. The summed E-state index contributed by atoms with van der Waals surface area (Å²) in [5, 5.41) is 19.3. The molecule has 154 valence electrons. The minimum atomic E-state index is -3.70. The summed E-state index contributed by atoms with van der Waals surface area (Å²) in [6.45, 7) is 1.42. The zero-order chi connectivity index (χ0) is 21.2. The monoisotopic (exact) mass is 423 g/mol. The third kappa shape index (κ3) is 5.03. The molecule has 1 atom stereocenters. The molecule has 0 radical (unpaired) electrons. The third-order valence-corrected chi connectivity index (χ3v) is 5.68. The Bertz CT molecular complexity index is 1040. The van der Waals surface area contributed by atoms with Crippen molar-refractivity contribution >= 4 is 27.8 Å². The fourth-order valence-electron chi connectivity index (χ4n) is 2.69. The summed E-state index contributed by atoms with van der Waals surface area (Å²) in [6, 6.07) is 5.33. The maximum atomic E-state index is 13.1. The molecule has 3 N–H and O–H groups in total. The van der Waals surface area contributed by atoms with Gasteiger partial charge in [0.1, 0.15) is 6.54 Å². The van der Waals surface area contributed by atoms with Crippen LogP contribution in [0.15, 0.2) is 30.3 Å². The Kier molecular flexibility index (Phi) is 5.75. The highest BCUT2D eigenvalue weighted by atomic mass is 32.2. The molecule has 2 aromatic rings. The largest absolute Gasteiger partial charge is 0.505 e.